The summed E-state index contributed by atoms with van der Waals surface area (Å²) in [5, 5.41) is 26.6. The van der Waals surface area contributed by atoms with Crippen molar-refractivity contribution in [2.45, 2.75) is 110 Å². The molecule has 0 radical (unpaired) electrons. The third-order valence-electron chi connectivity index (χ3n) is 12.2. The van der Waals surface area contributed by atoms with Crippen molar-refractivity contribution in [1.29, 1.82) is 0 Å². The molecular formula is C51H62F3IN8O7S. The Bertz CT molecular complexity index is 2580. The number of nitrogens with zero attached hydrogens (tertiary/aromatic N) is 3. The number of nitrogens with one attached hydrogen (secondary N) is 5. The molecule has 0 spiro atoms. The maximum absolute atomic E-state index is 14.7. The standard InChI is InChI=1S/C51H62F3IN8O7S/c1-30(2)45(43-24-31(3)61-70-43)51(68)63-28-36(64)26-42(63)50(67)60-41(33-12-14-34(15-13-33)48-32(4)58-29-71-48)27-44(65)57-22-10-8-6-5-7-9-20-56-21-11-23-69-62-49(66)37-17-18-38(52)46(54)47(37)59-40-19-16-35(55)25-39(40)53/h12-19,24-25,29-30,36,41-42,45,56,59,64H,5-11,20-23,26-28H2,1-4H3,(H,57,65)(H,60,67)(H,62,66)/t36-,41+,42+,45-/m1/s1. The van der Waals surface area contributed by atoms with Crippen LogP contribution in [0.4, 0.5) is 24.5 Å². The molecule has 2 aromatic heterocycles. The number of thiazole rings is 1. The lowest BCUT2D eigenvalue weighted by Gasteiger charge is -2.30. The van der Waals surface area contributed by atoms with Gasteiger partial charge >= 0.3 is 0 Å². The Balaban J connectivity index is 0.887. The quantitative estimate of drug-likeness (QED) is 0.0176. The number of hydrogen-bond acceptors (Lipinski definition) is 12. The number of halogens is 4. The van der Waals surface area contributed by atoms with Gasteiger partial charge in [-0.2, -0.15) is 0 Å². The highest BCUT2D eigenvalue weighted by Gasteiger charge is 2.44. The molecule has 1 aliphatic rings. The third-order valence-corrected chi connectivity index (χ3v) is 13.8. The topological polar surface area (TPSA) is 200 Å². The number of aliphatic hydroxyl groups is 1. The summed E-state index contributed by atoms with van der Waals surface area (Å²) in [5.74, 6) is -5.49. The van der Waals surface area contributed by atoms with Gasteiger partial charge in [0.1, 0.15) is 23.5 Å². The molecule has 4 amide bonds. The first-order valence-electron chi connectivity index (χ1n) is 23.9. The Morgan fingerprint density at radius 2 is 1.63 bits per heavy atom. The van der Waals surface area contributed by atoms with E-state index in [1.54, 1.807) is 24.6 Å². The molecule has 3 aromatic carbocycles. The first kappa shape index (κ1) is 54.9. The lowest BCUT2D eigenvalue weighted by Crippen LogP contribution is -2.49. The zero-order chi connectivity index (χ0) is 51.0. The van der Waals surface area contributed by atoms with Crippen LogP contribution in [0.2, 0.25) is 0 Å². The van der Waals surface area contributed by atoms with Crippen LogP contribution in [0.25, 0.3) is 10.4 Å². The first-order chi connectivity index (χ1) is 34.1. The number of unbranched alkanes of at least 4 members (excludes halogenated alkanes) is 5. The Kier molecular flexibility index (Phi) is 20.8. The van der Waals surface area contributed by atoms with Crippen molar-refractivity contribution in [3.05, 3.63) is 115 Å². The number of aromatic nitrogens is 2. The number of amides is 4. The van der Waals surface area contributed by atoms with Crippen molar-refractivity contribution < 1.29 is 46.8 Å². The molecule has 0 bridgehead atoms. The lowest BCUT2D eigenvalue weighted by atomic mass is 9.91. The Labute approximate surface area is 429 Å². The fourth-order valence-corrected chi connectivity index (χ4v) is 9.70. The molecule has 6 N–H and O–H groups in total. The van der Waals surface area contributed by atoms with E-state index in [9.17, 15) is 37.5 Å². The number of aryl methyl sites for hydroxylation is 2. The predicted octanol–water partition coefficient (Wildman–Crippen LogP) is 8.93. The summed E-state index contributed by atoms with van der Waals surface area (Å²) in [5.41, 5.74) is 6.40. The van der Waals surface area contributed by atoms with Gasteiger partial charge in [-0.05, 0) is 116 Å². The normalized spacial score (nSPS) is 15.4. The van der Waals surface area contributed by atoms with Gasteiger partial charge in [-0.3, -0.25) is 24.0 Å². The molecule has 4 atom stereocenters. The number of anilines is 2. The SMILES string of the molecule is Cc1cc([C@H](C(=O)N2C[C@H](O)C[C@H]2C(=O)N[C@@H](CC(=O)NCCCCCCCCNCCCONC(=O)c2ccc(F)c(F)c2Nc2ccc(I)cc2F)c2ccc(-c3scnc3C)cc2)C(C)C)on1. The van der Waals surface area contributed by atoms with E-state index in [1.165, 1.54) is 28.4 Å². The Morgan fingerprint density at radius 1 is 0.915 bits per heavy atom. The van der Waals surface area contributed by atoms with Gasteiger partial charge in [-0.25, -0.2) is 23.6 Å². The van der Waals surface area contributed by atoms with Gasteiger partial charge in [0, 0.05) is 29.1 Å². The highest BCUT2D eigenvalue weighted by Crippen LogP contribution is 2.33. The van der Waals surface area contributed by atoms with Crippen LogP contribution < -0.4 is 26.7 Å². The van der Waals surface area contributed by atoms with E-state index >= 15 is 0 Å². The molecule has 71 heavy (non-hydrogen) atoms. The number of carbonyl (C=O) groups excluding carboxylic acids is 4. The van der Waals surface area contributed by atoms with Gasteiger partial charge in [-0.1, -0.05) is 69.0 Å². The molecule has 0 saturated carbocycles. The van der Waals surface area contributed by atoms with Gasteiger partial charge in [0.05, 0.1) is 63.9 Å². The second-order valence-electron chi connectivity index (χ2n) is 18.0. The minimum Gasteiger partial charge on any atom is -0.391 e. The Morgan fingerprint density at radius 3 is 2.31 bits per heavy atom. The largest absolute Gasteiger partial charge is 0.391 e. The molecule has 0 unspecified atom stereocenters. The third kappa shape index (κ3) is 15.5. The first-order valence-corrected chi connectivity index (χ1v) is 25.9. The average molecular weight is 1120 g/mol. The van der Waals surface area contributed by atoms with Crippen molar-refractivity contribution in [3.8, 4) is 10.4 Å². The van der Waals surface area contributed by atoms with E-state index in [1.807, 2.05) is 67.6 Å². The summed E-state index contributed by atoms with van der Waals surface area (Å²) in [6, 6.07) is 13.8. The minimum atomic E-state index is -1.32. The second kappa shape index (κ2) is 26.9. The van der Waals surface area contributed by atoms with E-state index in [4.69, 9.17) is 9.36 Å². The van der Waals surface area contributed by atoms with Crippen molar-refractivity contribution in [3.63, 3.8) is 0 Å². The number of benzene rings is 3. The molecule has 3 heterocycles. The summed E-state index contributed by atoms with van der Waals surface area (Å²) in [6.45, 7) is 9.57. The van der Waals surface area contributed by atoms with Crippen LogP contribution in [0, 0.1) is 40.8 Å². The zero-order valence-electron chi connectivity index (χ0n) is 40.3. The fourth-order valence-electron chi connectivity index (χ4n) is 8.44. The average Bonchev–Trinajstić information content (AvgIpc) is 4.08. The summed E-state index contributed by atoms with van der Waals surface area (Å²) >= 11 is 3.45. The van der Waals surface area contributed by atoms with Crippen LogP contribution in [-0.2, 0) is 19.2 Å². The highest BCUT2D eigenvalue weighted by atomic mass is 127. The van der Waals surface area contributed by atoms with E-state index < -0.39 is 59.1 Å². The molecule has 0 aliphatic carbocycles. The van der Waals surface area contributed by atoms with Gasteiger partial charge < -0.3 is 35.8 Å². The Hall–Kier alpha value is -5.42. The van der Waals surface area contributed by atoms with Gasteiger partial charge in [0.25, 0.3) is 5.91 Å². The van der Waals surface area contributed by atoms with E-state index in [-0.39, 0.29) is 55.0 Å². The van der Waals surface area contributed by atoms with Crippen molar-refractivity contribution in [1.82, 2.24) is 36.5 Å². The number of aliphatic hydroxyl groups excluding tert-OH is 1. The predicted molar refractivity (Wildman–Crippen MR) is 273 cm³/mol. The number of hydroxylamine groups is 1. The molecule has 382 valence electrons. The van der Waals surface area contributed by atoms with Crippen molar-refractivity contribution >= 4 is 68.9 Å². The maximum atomic E-state index is 14.7. The molecule has 1 aliphatic heterocycles. The molecule has 15 nitrogen and oxygen atoms in total. The number of hydrogen-bond donors (Lipinski definition) is 6. The van der Waals surface area contributed by atoms with Gasteiger partial charge in [0.15, 0.2) is 11.6 Å². The summed E-state index contributed by atoms with van der Waals surface area (Å²) < 4.78 is 49.2. The minimum absolute atomic E-state index is 0.00512. The number of β-amino-alcohol motifs (C(OH)–C–C–N with tert-alkyl or cyclic N) is 1. The number of carbonyl (C=O) groups is 4. The molecule has 20 heteroatoms. The van der Waals surface area contributed by atoms with Crippen LogP contribution in [0.5, 0.6) is 0 Å². The van der Waals surface area contributed by atoms with Crippen LogP contribution in [0.3, 0.4) is 0 Å². The number of rotatable bonds is 26. The van der Waals surface area contributed by atoms with Gasteiger partial charge in [-0.15, -0.1) is 11.3 Å². The van der Waals surface area contributed by atoms with Gasteiger partial charge in [0.2, 0.25) is 17.7 Å². The van der Waals surface area contributed by atoms with E-state index in [0.717, 1.165) is 78.9 Å². The van der Waals surface area contributed by atoms with Crippen LogP contribution >= 0.6 is 33.9 Å². The molecule has 5 aromatic rings. The number of likely N-dealkylation sites (tertiary alicyclic amines) is 1. The second-order valence-corrected chi connectivity index (χ2v) is 20.1. The van der Waals surface area contributed by atoms with E-state index in [2.05, 4.69) is 36.9 Å². The highest BCUT2D eigenvalue weighted by molar-refractivity contribution is 14.1. The zero-order valence-corrected chi connectivity index (χ0v) is 43.3. The summed E-state index contributed by atoms with van der Waals surface area (Å²) in [6.07, 6.45) is 5.44. The van der Waals surface area contributed by atoms with E-state index in [0.29, 0.717) is 34.5 Å². The molecule has 6 rings (SSSR count). The smallest absolute Gasteiger partial charge is 0.277 e. The summed E-state index contributed by atoms with van der Waals surface area (Å²) in [4.78, 5) is 66.4. The summed E-state index contributed by atoms with van der Waals surface area (Å²) in [7, 11) is 0. The molecule has 1 fully saturated rings. The molecular weight excluding hydrogens is 1050 g/mol. The van der Waals surface area contributed by atoms with Crippen molar-refractivity contribution in [2.24, 2.45) is 5.92 Å². The van der Waals surface area contributed by atoms with Crippen LogP contribution in [0.15, 0.2) is 70.7 Å². The maximum Gasteiger partial charge on any atom is 0.277 e. The molecule has 1 saturated heterocycles. The van der Waals surface area contributed by atoms with Crippen LogP contribution in [-0.4, -0.2) is 88.7 Å². The van der Waals surface area contributed by atoms with Crippen LogP contribution in [0.1, 0.15) is 117 Å². The lowest BCUT2D eigenvalue weighted by molar-refractivity contribution is -0.141. The monoisotopic (exact) mass is 1110 g/mol. The fraction of sp³-hybridized carbons (Fsp3) is 0.451. The van der Waals surface area contributed by atoms with Crippen molar-refractivity contribution in [2.75, 3.05) is 38.1 Å².